The van der Waals surface area contributed by atoms with E-state index in [1.807, 2.05) is 6.07 Å². The van der Waals surface area contributed by atoms with Crippen LogP contribution < -0.4 is 20.2 Å². The maximum Gasteiger partial charge on any atom is 0.344 e. The summed E-state index contributed by atoms with van der Waals surface area (Å²) in [5.74, 6) is 0.628. The summed E-state index contributed by atoms with van der Waals surface area (Å²) < 4.78 is 10.5. The molecule has 1 aromatic heterocycles. The molecule has 1 saturated heterocycles. The van der Waals surface area contributed by atoms with Crippen molar-refractivity contribution in [3.8, 4) is 22.1 Å². The van der Waals surface area contributed by atoms with Gasteiger partial charge in [0, 0.05) is 10.9 Å². The second-order valence-electron chi connectivity index (χ2n) is 7.88. The van der Waals surface area contributed by atoms with Crippen molar-refractivity contribution in [2.45, 2.75) is 38.1 Å². The molecule has 1 saturated carbocycles. The molecule has 0 atom stereocenters. The molecule has 2 heterocycles. The number of hydrogen-bond acceptors (Lipinski definition) is 7. The third kappa shape index (κ3) is 3.83. The second kappa shape index (κ2) is 8.18. The number of thiazole rings is 1. The minimum Gasteiger partial charge on any atom is -0.493 e. The molecule has 2 fully saturated rings. The molecule has 164 valence electrons. The molecule has 2 aromatic rings. The van der Waals surface area contributed by atoms with Gasteiger partial charge in [-0.3, -0.25) is 15.0 Å². The number of aromatic nitrogens is 1. The first-order chi connectivity index (χ1) is 14.9. The fourth-order valence-electron chi connectivity index (χ4n) is 3.95. The molecule has 4 amide bonds. The Balaban J connectivity index is 1.48. The molecule has 1 spiro atoms. The number of hydrazine groups is 1. The summed E-state index contributed by atoms with van der Waals surface area (Å²) in [4.78, 5) is 42.4. The van der Waals surface area contributed by atoms with Crippen LogP contribution in [0.3, 0.4) is 0 Å². The van der Waals surface area contributed by atoms with Crippen LogP contribution in [0.1, 0.15) is 43.1 Å². The number of nitrogens with one attached hydrogen (secondary N) is 2. The van der Waals surface area contributed by atoms with E-state index in [-0.39, 0.29) is 5.69 Å². The highest BCUT2D eigenvalue weighted by Gasteiger charge is 2.53. The van der Waals surface area contributed by atoms with Gasteiger partial charge in [0.1, 0.15) is 16.2 Å². The molecule has 10 heteroatoms. The summed E-state index contributed by atoms with van der Waals surface area (Å²) in [6.07, 6.45) is 2.86. The molecule has 0 radical (unpaired) electrons. The Morgan fingerprint density at radius 1 is 1.23 bits per heavy atom. The quantitative estimate of drug-likeness (QED) is 0.686. The number of amides is 4. The van der Waals surface area contributed by atoms with E-state index in [9.17, 15) is 14.4 Å². The molecule has 9 nitrogen and oxygen atoms in total. The molecular weight excluding hydrogens is 420 g/mol. The van der Waals surface area contributed by atoms with E-state index in [1.165, 1.54) is 11.3 Å². The molecule has 2 aliphatic rings. The second-order valence-corrected chi connectivity index (χ2v) is 8.74. The number of benzene rings is 1. The number of imide groups is 1. The van der Waals surface area contributed by atoms with Gasteiger partial charge in [-0.2, -0.15) is 5.01 Å². The Hall–Kier alpha value is -3.14. The lowest BCUT2D eigenvalue weighted by Gasteiger charge is -2.33. The lowest BCUT2D eigenvalue weighted by atomic mass is 9.77. The minimum atomic E-state index is -0.913. The van der Waals surface area contributed by atoms with Gasteiger partial charge in [-0.15, -0.1) is 11.3 Å². The SMILES string of the molecule is COc1ccc(-c2nc(C(=O)NN3C(=O)NC4(CCC(C)CC4)C3=O)cs2)cc1OC. The fourth-order valence-corrected chi connectivity index (χ4v) is 4.75. The largest absolute Gasteiger partial charge is 0.493 e. The number of rotatable bonds is 5. The molecule has 1 aromatic carbocycles. The van der Waals surface area contributed by atoms with Crippen molar-refractivity contribution in [1.82, 2.24) is 20.7 Å². The van der Waals surface area contributed by atoms with Crippen LogP contribution >= 0.6 is 11.3 Å². The number of urea groups is 1. The normalized spacial score (nSPS) is 23.1. The van der Waals surface area contributed by atoms with Crippen LogP contribution in [0, 0.1) is 5.92 Å². The molecule has 1 aliphatic heterocycles. The van der Waals surface area contributed by atoms with Crippen molar-refractivity contribution in [1.29, 1.82) is 0 Å². The van der Waals surface area contributed by atoms with Crippen LogP contribution in [-0.4, -0.2) is 47.6 Å². The summed E-state index contributed by atoms with van der Waals surface area (Å²) in [5.41, 5.74) is 2.38. The van der Waals surface area contributed by atoms with Crippen LogP contribution in [0.15, 0.2) is 23.6 Å². The van der Waals surface area contributed by atoms with E-state index < -0.39 is 23.4 Å². The molecule has 0 unspecified atom stereocenters. The molecule has 1 aliphatic carbocycles. The van der Waals surface area contributed by atoms with Crippen molar-refractivity contribution in [3.05, 3.63) is 29.3 Å². The predicted molar refractivity (Wildman–Crippen MR) is 114 cm³/mol. The molecule has 31 heavy (non-hydrogen) atoms. The Morgan fingerprint density at radius 2 is 1.94 bits per heavy atom. The van der Waals surface area contributed by atoms with E-state index in [4.69, 9.17) is 9.47 Å². The first kappa shape index (κ1) is 21.1. The van der Waals surface area contributed by atoms with Crippen molar-refractivity contribution in [2.75, 3.05) is 14.2 Å². The smallest absolute Gasteiger partial charge is 0.344 e. The monoisotopic (exact) mass is 444 g/mol. The maximum atomic E-state index is 12.9. The topological polar surface area (TPSA) is 110 Å². The highest BCUT2D eigenvalue weighted by atomic mass is 32.1. The van der Waals surface area contributed by atoms with Gasteiger partial charge < -0.3 is 14.8 Å². The number of hydrogen-bond donors (Lipinski definition) is 2. The van der Waals surface area contributed by atoms with Crippen molar-refractivity contribution in [2.24, 2.45) is 5.92 Å². The Bertz CT molecular complexity index is 1030. The van der Waals surface area contributed by atoms with E-state index in [1.54, 1.807) is 31.7 Å². The predicted octanol–water partition coefficient (Wildman–Crippen LogP) is 2.97. The van der Waals surface area contributed by atoms with Gasteiger partial charge in [-0.25, -0.2) is 9.78 Å². The molecule has 4 rings (SSSR count). The average Bonchev–Trinajstić information content (AvgIpc) is 3.35. The lowest BCUT2D eigenvalue weighted by molar-refractivity contribution is -0.134. The molecule has 2 N–H and O–H groups in total. The third-order valence-corrected chi connectivity index (χ3v) is 6.76. The van der Waals surface area contributed by atoms with E-state index >= 15 is 0 Å². The Kier molecular flexibility index (Phi) is 5.57. The van der Waals surface area contributed by atoms with Gasteiger partial charge in [0.2, 0.25) is 0 Å². The first-order valence-corrected chi connectivity index (χ1v) is 10.9. The highest BCUT2D eigenvalue weighted by molar-refractivity contribution is 7.13. The first-order valence-electron chi connectivity index (χ1n) is 10.0. The van der Waals surface area contributed by atoms with Gasteiger partial charge in [0.25, 0.3) is 11.8 Å². The number of methoxy groups -OCH3 is 2. The van der Waals surface area contributed by atoms with Gasteiger partial charge in [-0.1, -0.05) is 6.92 Å². The summed E-state index contributed by atoms with van der Waals surface area (Å²) in [7, 11) is 3.09. The van der Waals surface area contributed by atoms with E-state index in [0.29, 0.717) is 35.3 Å². The summed E-state index contributed by atoms with van der Waals surface area (Å²) in [5, 5.41) is 5.75. The van der Waals surface area contributed by atoms with Crippen LogP contribution in [0.5, 0.6) is 11.5 Å². The fraction of sp³-hybridized carbons (Fsp3) is 0.429. The zero-order valence-electron chi connectivity index (χ0n) is 17.6. The summed E-state index contributed by atoms with van der Waals surface area (Å²) in [6.45, 7) is 2.13. The molecule has 0 bridgehead atoms. The number of carbonyl (C=O) groups excluding carboxylic acids is 3. The van der Waals surface area contributed by atoms with Crippen molar-refractivity contribution >= 4 is 29.2 Å². The highest BCUT2D eigenvalue weighted by Crippen LogP contribution is 2.36. The average molecular weight is 445 g/mol. The Morgan fingerprint density at radius 3 is 2.61 bits per heavy atom. The number of ether oxygens (including phenoxy) is 2. The zero-order valence-corrected chi connectivity index (χ0v) is 18.4. The standard InChI is InChI=1S/C21H24N4O5S/c1-12-6-8-21(9-7-12)19(27)25(20(28)23-21)24-17(26)14-11-31-18(22-14)13-4-5-15(29-2)16(10-13)30-3/h4-5,10-12H,6-9H2,1-3H3,(H,23,28)(H,24,26). The van der Waals surface area contributed by atoms with Gasteiger partial charge in [0.05, 0.1) is 14.2 Å². The minimum absolute atomic E-state index is 0.119. The van der Waals surface area contributed by atoms with Gasteiger partial charge in [-0.05, 0) is 49.8 Å². The molecular formula is C21H24N4O5S. The van der Waals surface area contributed by atoms with Gasteiger partial charge >= 0.3 is 6.03 Å². The van der Waals surface area contributed by atoms with Crippen molar-refractivity contribution < 1.29 is 23.9 Å². The van der Waals surface area contributed by atoms with Crippen LogP contribution in [-0.2, 0) is 4.79 Å². The maximum absolute atomic E-state index is 12.9. The van der Waals surface area contributed by atoms with Crippen LogP contribution in [0.25, 0.3) is 10.6 Å². The van der Waals surface area contributed by atoms with E-state index in [0.717, 1.165) is 23.4 Å². The van der Waals surface area contributed by atoms with Crippen LogP contribution in [0.4, 0.5) is 4.79 Å². The van der Waals surface area contributed by atoms with Crippen LogP contribution in [0.2, 0.25) is 0 Å². The summed E-state index contributed by atoms with van der Waals surface area (Å²) in [6, 6.07) is 4.73. The number of carbonyl (C=O) groups is 3. The zero-order chi connectivity index (χ0) is 22.2. The van der Waals surface area contributed by atoms with Crippen molar-refractivity contribution in [3.63, 3.8) is 0 Å². The summed E-state index contributed by atoms with van der Waals surface area (Å²) >= 11 is 1.27. The van der Waals surface area contributed by atoms with Gasteiger partial charge in [0.15, 0.2) is 11.5 Å². The Labute approximate surface area is 183 Å². The third-order valence-electron chi connectivity index (χ3n) is 5.87. The van der Waals surface area contributed by atoms with E-state index in [2.05, 4.69) is 22.7 Å². The lowest BCUT2D eigenvalue weighted by Crippen LogP contribution is -2.51. The number of nitrogens with zero attached hydrogens (tertiary/aromatic N) is 2.